The van der Waals surface area contributed by atoms with Gasteiger partial charge in [0.05, 0.1) is 45.3 Å². The lowest BCUT2D eigenvalue weighted by Crippen LogP contribution is -2.57. The lowest BCUT2D eigenvalue weighted by atomic mass is 9.85. The largest absolute Gasteiger partial charge is 0.490 e. The number of nitrogens with one attached hydrogen (secondary N) is 3. The highest BCUT2D eigenvalue weighted by molar-refractivity contribution is 7.13. The smallest absolute Gasteiger partial charge is 0.246 e. The van der Waals surface area contributed by atoms with Crippen molar-refractivity contribution in [2.24, 2.45) is 16.9 Å². The van der Waals surface area contributed by atoms with Gasteiger partial charge in [0.2, 0.25) is 35.4 Å². The summed E-state index contributed by atoms with van der Waals surface area (Å²) in [6, 6.07) is 9.16. The highest BCUT2D eigenvalue weighted by Crippen LogP contribution is 2.34. The number of amides is 6. The molecule has 3 saturated heterocycles. The van der Waals surface area contributed by atoms with E-state index in [1.807, 2.05) is 70.5 Å². The number of thiazole rings is 1. The summed E-state index contributed by atoms with van der Waals surface area (Å²) in [6.07, 6.45) is 5.68. The Kier molecular flexibility index (Phi) is 18.0. The number of aromatic nitrogens is 1. The molecule has 16 nitrogen and oxygen atoms in total. The minimum Gasteiger partial charge on any atom is -0.490 e. The molecule has 0 saturated carbocycles. The number of ether oxygens (including phenoxy) is 1. The van der Waals surface area contributed by atoms with Gasteiger partial charge in [-0.1, -0.05) is 81.6 Å². The summed E-state index contributed by atoms with van der Waals surface area (Å²) in [5, 5.41) is 20.1. The predicted molar refractivity (Wildman–Crippen MR) is 261 cm³/mol. The number of carbonyl (C=O) groups is 6. The summed E-state index contributed by atoms with van der Waals surface area (Å²) in [7, 11) is 0. The van der Waals surface area contributed by atoms with Gasteiger partial charge in [0.25, 0.3) is 0 Å². The summed E-state index contributed by atoms with van der Waals surface area (Å²) >= 11 is 8.41. The Balaban J connectivity index is 0.997. The molecule has 68 heavy (non-hydrogen) atoms. The third-order valence-electron chi connectivity index (χ3n) is 13.4. The maximum absolute atomic E-state index is 14.2. The van der Waals surface area contributed by atoms with E-state index < -0.39 is 53.5 Å². The fourth-order valence-electron chi connectivity index (χ4n) is 9.53. The van der Waals surface area contributed by atoms with E-state index in [1.165, 1.54) is 4.90 Å². The fourth-order valence-corrected chi connectivity index (χ4v) is 10.6. The Labute approximate surface area is 408 Å². The third kappa shape index (κ3) is 13.4. The van der Waals surface area contributed by atoms with Crippen LogP contribution in [-0.2, 0) is 35.2 Å². The molecule has 1 unspecified atom stereocenters. The number of benzene rings is 2. The minimum atomic E-state index is -0.953. The average Bonchev–Trinajstić information content (AvgIpc) is 4.04. The maximum atomic E-state index is 14.2. The third-order valence-corrected chi connectivity index (χ3v) is 14.8. The van der Waals surface area contributed by atoms with Gasteiger partial charge in [-0.25, -0.2) is 4.98 Å². The fraction of sp³-hybridized carbons (Fsp3) is 0.580. The van der Waals surface area contributed by atoms with Crippen molar-refractivity contribution in [1.82, 2.24) is 30.7 Å². The first kappa shape index (κ1) is 52.3. The Morgan fingerprint density at radius 2 is 1.68 bits per heavy atom. The molecule has 18 heteroatoms. The number of unbranched alkanes of at least 4 members (excludes halogenated alkanes) is 1. The Hall–Kier alpha value is -5.10. The van der Waals surface area contributed by atoms with Crippen molar-refractivity contribution in [1.29, 1.82) is 0 Å². The van der Waals surface area contributed by atoms with Crippen molar-refractivity contribution in [3.05, 3.63) is 69.8 Å². The number of halogens is 1. The van der Waals surface area contributed by atoms with Crippen LogP contribution in [0.5, 0.6) is 5.75 Å². The summed E-state index contributed by atoms with van der Waals surface area (Å²) in [5.74, 6) is -1.77. The monoisotopic (exact) mass is 976 g/mol. The van der Waals surface area contributed by atoms with Gasteiger partial charge < -0.3 is 47.1 Å². The van der Waals surface area contributed by atoms with Gasteiger partial charge in [-0.05, 0) is 93.4 Å². The Morgan fingerprint density at radius 1 is 0.956 bits per heavy atom. The second-order valence-electron chi connectivity index (χ2n) is 19.7. The number of nitrogens with two attached hydrogens (primary N) is 2. The molecule has 6 rings (SSSR count). The molecule has 0 aliphatic carbocycles. The number of primary amides is 1. The number of aryl methyl sites for hydroxylation is 2. The van der Waals surface area contributed by atoms with Gasteiger partial charge in [-0.15, -0.1) is 11.3 Å². The highest BCUT2D eigenvalue weighted by Gasteiger charge is 2.45. The lowest BCUT2D eigenvalue weighted by Gasteiger charge is -2.35. The van der Waals surface area contributed by atoms with E-state index in [9.17, 15) is 33.9 Å². The molecule has 2 aromatic carbocycles. The quantitative estimate of drug-likeness (QED) is 0.0854. The molecule has 0 spiro atoms. The van der Waals surface area contributed by atoms with Gasteiger partial charge >= 0.3 is 0 Å². The molecule has 1 aromatic heterocycles. The van der Waals surface area contributed by atoms with Crippen LogP contribution >= 0.6 is 22.9 Å². The highest BCUT2D eigenvalue weighted by atomic mass is 35.5. The predicted octanol–water partition coefficient (Wildman–Crippen LogP) is 5.24. The molecule has 8 N–H and O–H groups in total. The van der Waals surface area contributed by atoms with Gasteiger partial charge in [-0.3, -0.25) is 28.8 Å². The molecule has 0 bridgehead atoms. The number of nitrogens with zero attached hydrogens (tertiary/aromatic N) is 3. The van der Waals surface area contributed by atoms with Crippen LogP contribution in [0.1, 0.15) is 128 Å². The molecule has 0 radical (unpaired) electrons. The zero-order valence-corrected chi connectivity index (χ0v) is 41.5. The van der Waals surface area contributed by atoms with Crippen molar-refractivity contribution >= 4 is 58.4 Å². The van der Waals surface area contributed by atoms with E-state index >= 15 is 0 Å². The SMILES string of the molecule is Cc1ncsc1-c1ccc([C@H](C)NC(=O)[C@@H]2C[C@@H](O)CN2C(=O)C(NC(=O)CCCCc2cccc(OC[C@H](CCC(N)=O)NC(=O)[C@@H]3CC[C@@H]4CCCC[C@H](N)C(=O)N43)c2Cl)C(C)(C)C)cc1. The maximum Gasteiger partial charge on any atom is 0.246 e. The number of aliphatic hydroxyl groups excluding tert-OH is 1. The summed E-state index contributed by atoms with van der Waals surface area (Å²) in [4.78, 5) is 88.5. The number of carbonyl (C=O) groups excluding carboxylic acids is 6. The first-order chi connectivity index (χ1) is 32.3. The van der Waals surface area contributed by atoms with E-state index in [0.29, 0.717) is 42.9 Å². The molecule has 8 atom stereocenters. The minimum absolute atomic E-state index is 0.00370. The van der Waals surface area contributed by atoms with E-state index in [2.05, 4.69) is 20.9 Å². The van der Waals surface area contributed by atoms with Gasteiger partial charge in [0, 0.05) is 31.8 Å². The number of aliphatic hydroxyl groups is 1. The molecule has 3 aromatic rings. The van der Waals surface area contributed by atoms with E-state index in [0.717, 1.165) is 52.9 Å². The van der Waals surface area contributed by atoms with E-state index in [4.69, 9.17) is 27.8 Å². The van der Waals surface area contributed by atoms with Crippen LogP contribution in [-0.4, -0.2) is 111 Å². The van der Waals surface area contributed by atoms with Crippen molar-refractivity contribution in [2.45, 2.75) is 166 Å². The van der Waals surface area contributed by atoms with Crippen LogP contribution in [0, 0.1) is 12.3 Å². The molecule has 3 aliphatic rings. The second kappa shape index (κ2) is 23.5. The van der Waals surface area contributed by atoms with Gasteiger partial charge in [0.15, 0.2) is 0 Å². The van der Waals surface area contributed by atoms with Crippen LogP contribution in [0.15, 0.2) is 48.0 Å². The van der Waals surface area contributed by atoms with Gasteiger partial charge in [0.1, 0.15) is 30.5 Å². The molecule has 3 fully saturated rings. The number of β-amino-alcohol motifs (C(OH)–C–C–N with tert-alkyl or cyclic N) is 1. The molecule has 4 heterocycles. The van der Waals surface area contributed by atoms with Crippen LogP contribution in [0.25, 0.3) is 10.4 Å². The van der Waals surface area contributed by atoms with Crippen molar-refractivity contribution in [3.8, 4) is 16.2 Å². The molecular formula is C50H69ClN8O8S. The lowest BCUT2D eigenvalue weighted by molar-refractivity contribution is -0.144. The van der Waals surface area contributed by atoms with Crippen LogP contribution in [0.4, 0.5) is 0 Å². The van der Waals surface area contributed by atoms with Crippen molar-refractivity contribution < 1.29 is 38.6 Å². The van der Waals surface area contributed by atoms with Crippen LogP contribution in [0.3, 0.4) is 0 Å². The number of rotatable bonds is 19. The first-order valence-electron chi connectivity index (χ1n) is 24.0. The topological polar surface area (TPSA) is 239 Å². The zero-order chi connectivity index (χ0) is 49.3. The summed E-state index contributed by atoms with van der Waals surface area (Å²) in [5.41, 5.74) is 16.4. The molecule has 6 amide bonds. The normalized spacial score (nSPS) is 22.1. The van der Waals surface area contributed by atoms with Crippen LogP contribution < -0.4 is 32.2 Å². The second-order valence-corrected chi connectivity index (χ2v) is 21.0. The van der Waals surface area contributed by atoms with E-state index in [-0.39, 0.29) is 74.5 Å². The first-order valence-corrected chi connectivity index (χ1v) is 25.2. The number of hydrogen-bond donors (Lipinski definition) is 6. The zero-order valence-electron chi connectivity index (χ0n) is 39.9. The molecule has 370 valence electrons. The number of fused-ring (bicyclic) bond motifs is 1. The van der Waals surface area contributed by atoms with Crippen LogP contribution in [0.2, 0.25) is 5.02 Å². The summed E-state index contributed by atoms with van der Waals surface area (Å²) < 4.78 is 6.15. The number of likely N-dealkylation sites (tertiary alicyclic amines) is 1. The Bertz CT molecular complexity index is 2270. The van der Waals surface area contributed by atoms with E-state index in [1.54, 1.807) is 28.4 Å². The van der Waals surface area contributed by atoms with Crippen molar-refractivity contribution in [3.63, 3.8) is 0 Å². The number of hydrogen-bond acceptors (Lipinski definition) is 11. The molecule has 3 aliphatic heterocycles. The molecular weight excluding hydrogens is 908 g/mol. The Morgan fingerprint density at radius 3 is 2.37 bits per heavy atom. The standard InChI is InChI=1S/C50H69ClN8O8S/c1-29(31-17-19-33(20-18-31)44-30(2)54-28-68-44)55-47(64)39-25-36(60)26-58(39)49(66)45(50(3,4)5)57-42(62)16-9-6-11-32-12-10-15-40(43(32)51)67-27-34(21-24-41(53)61)56-46(63)38-23-22-35-13-7-8-14-37(52)48(65)59(35)38/h10,12,15,17-20,28-29,34-39,45,60H,6-9,11,13-14,16,21-27,52H2,1-5H3,(H2,53,61)(H,55,64)(H,56,63)(H,57,62)/t29-,34-,35-,36+,37-,38-,39-,45?/m0/s1. The average molecular weight is 978 g/mol. The van der Waals surface area contributed by atoms with Crippen molar-refractivity contribution in [2.75, 3.05) is 13.2 Å². The summed E-state index contributed by atoms with van der Waals surface area (Å²) in [6.45, 7) is 9.36. The van der Waals surface area contributed by atoms with Gasteiger partial charge in [-0.2, -0.15) is 0 Å².